The Morgan fingerprint density at radius 1 is 0.911 bits per heavy atom. The number of aromatic nitrogens is 1. The molecular formula is C33H35N5O7. The summed E-state index contributed by atoms with van der Waals surface area (Å²) < 4.78 is 10.2. The van der Waals surface area contributed by atoms with E-state index in [0.29, 0.717) is 18.4 Å². The Kier molecular flexibility index (Phi) is 9.41. The molecule has 45 heavy (non-hydrogen) atoms. The summed E-state index contributed by atoms with van der Waals surface area (Å²) in [5.41, 5.74) is 3.84. The molecule has 2 aromatic carbocycles. The Balaban J connectivity index is 1.21. The number of rotatable bonds is 12. The Bertz CT molecular complexity index is 1550. The van der Waals surface area contributed by atoms with Crippen LogP contribution in [0, 0.1) is 0 Å². The van der Waals surface area contributed by atoms with Gasteiger partial charge in [-0.05, 0) is 53.6 Å². The van der Waals surface area contributed by atoms with Crippen molar-refractivity contribution in [2.75, 3.05) is 20.3 Å². The molecule has 5 rings (SSSR count). The monoisotopic (exact) mass is 613 g/mol. The van der Waals surface area contributed by atoms with Crippen molar-refractivity contribution >= 4 is 29.8 Å². The van der Waals surface area contributed by atoms with Crippen molar-refractivity contribution in [1.82, 2.24) is 26.3 Å². The molecule has 1 fully saturated rings. The fourth-order valence-electron chi connectivity index (χ4n) is 5.40. The number of fused-ring (bicyclic) bond motifs is 3. The van der Waals surface area contributed by atoms with Crippen LogP contribution in [0.3, 0.4) is 0 Å². The summed E-state index contributed by atoms with van der Waals surface area (Å²) in [5.74, 6) is -2.48. The minimum atomic E-state index is -1.15. The summed E-state index contributed by atoms with van der Waals surface area (Å²) in [6, 6.07) is 17.3. The summed E-state index contributed by atoms with van der Waals surface area (Å²) >= 11 is 0. The van der Waals surface area contributed by atoms with Gasteiger partial charge in [-0.25, -0.2) is 4.79 Å². The summed E-state index contributed by atoms with van der Waals surface area (Å²) in [6.07, 6.45) is 3.27. The summed E-state index contributed by atoms with van der Waals surface area (Å²) in [5, 5.41) is 10.4. The van der Waals surface area contributed by atoms with E-state index in [2.05, 4.69) is 31.0 Å². The number of methoxy groups -OCH3 is 1. The zero-order chi connectivity index (χ0) is 32.0. The largest absolute Gasteiger partial charge is 0.468 e. The molecule has 0 radical (unpaired) electrons. The van der Waals surface area contributed by atoms with Crippen LogP contribution < -0.4 is 21.3 Å². The van der Waals surface area contributed by atoms with Crippen LogP contribution in [0.5, 0.6) is 0 Å². The number of alkyl carbamates (subject to hydrolysis) is 1. The van der Waals surface area contributed by atoms with Crippen LogP contribution >= 0.6 is 0 Å². The van der Waals surface area contributed by atoms with Crippen LogP contribution in [0.4, 0.5) is 4.79 Å². The van der Waals surface area contributed by atoms with Gasteiger partial charge in [0.15, 0.2) is 0 Å². The predicted octanol–water partition coefficient (Wildman–Crippen LogP) is 1.97. The average Bonchev–Trinajstić information content (AvgIpc) is 3.77. The number of hydrogen-bond acceptors (Lipinski definition) is 8. The van der Waals surface area contributed by atoms with Gasteiger partial charge in [0.1, 0.15) is 30.8 Å². The molecular weight excluding hydrogens is 578 g/mol. The van der Waals surface area contributed by atoms with Crippen molar-refractivity contribution in [3.05, 3.63) is 89.7 Å². The SMILES string of the molecule is COC(=O)CNC(=O)C1(NC(=O)[C@@H](C)NC(=O)[C@@H](Cc2cccnc2)NC(=O)OCC2c3ccccc3-c3ccccc32)CC1. The first-order chi connectivity index (χ1) is 21.7. The van der Waals surface area contributed by atoms with Crippen molar-refractivity contribution in [2.24, 2.45) is 0 Å². The molecule has 0 saturated heterocycles. The molecule has 0 bridgehead atoms. The molecule has 0 aliphatic heterocycles. The maximum atomic E-state index is 13.4. The fraction of sp³-hybridized carbons (Fsp3) is 0.333. The number of carbonyl (C=O) groups is 5. The van der Waals surface area contributed by atoms with Gasteiger partial charge in [-0.2, -0.15) is 0 Å². The van der Waals surface area contributed by atoms with E-state index in [-0.39, 0.29) is 25.5 Å². The third-order valence-corrected chi connectivity index (χ3v) is 8.03. The standard InChI is InChI=1S/C33H35N5O7/c1-20(29(40)38-33(13-14-33)31(42)35-18-28(39)44-2)36-30(41)27(16-21-8-7-15-34-17-21)37-32(43)45-19-26-24-11-5-3-9-22(24)23-10-4-6-12-25(23)26/h3-12,15,17,20,26-27H,13-14,16,18-19H2,1-2H3,(H,35,42)(H,36,41)(H,37,43)(H,38,40)/t20-,27-/m1/s1. The number of ether oxygens (including phenoxy) is 2. The molecule has 4 N–H and O–H groups in total. The van der Waals surface area contributed by atoms with Crippen LogP contribution in [0.15, 0.2) is 73.1 Å². The van der Waals surface area contributed by atoms with Crippen LogP contribution in [-0.4, -0.2) is 72.7 Å². The lowest BCUT2D eigenvalue weighted by atomic mass is 9.98. The molecule has 12 nitrogen and oxygen atoms in total. The zero-order valence-electron chi connectivity index (χ0n) is 25.0. The van der Waals surface area contributed by atoms with Crippen molar-refractivity contribution in [3.8, 4) is 11.1 Å². The normalized spacial score (nSPS) is 15.3. The molecule has 234 valence electrons. The maximum absolute atomic E-state index is 13.4. The highest BCUT2D eigenvalue weighted by molar-refractivity contribution is 5.98. The van der Waals surface area contributed by atoms with Crippen molar-refractivity contribution in [2.45, 2.75) is 49.7 Å². The smallest absolute Gasteiger partial charge is 0.407 e. The number of amides is 4. The molecule has 3 aromatic rings. The quantitative estimate of drug-likeness (QED) is 0.225. The van der Waals surface area contributed by atoms with E-state index in [9.17, 15) is 24.0 Å². The summed E-state index contributed by atoms with van der Waals surface area (Å²) in [7, 11) is 1.21. The Morgan fingerprint density at radius 3 is 2.18 bits per heavy atom. The van der Waals surface area contributed by atoms with E-state index in [4.69, 9.17) is 4.74 Å². The number of carbonyl (C=O) groups excluding carboxylic acids is 5. The maximum Gasteiger partial charge on any atom is 0.407 e. The summed E-state index contributed by atoms with van der Waals surface area (Å²) in [4.78, 5) is 67.5. The molecule has 12 heteroatoms. The number of nitrogens with zero attached hydrogens (tertiary/aromatic N) is 1. The third kappa shape index (κ3) is 7.28. The number of esters is 1. The average molecular weight is 614 g/mol. The van der Waals surface area contributed by atoms with Gasteiger partial charge in [0.05, 0.1) is 7.11 Å². The van der Waals surface area contributed by atoms with E-state index in [0.717, 1.165) is 22.3 Å². The Labute approximate surface area is 260 Å². The number of pyridine rings is 1. The van der Waals surface area contributed by atoms with Crippen molar-refractivity contribution in [3.63, 3.8) is 0 Å². The highest BCUT2D eigenvalue weighted by Gasteiger charge is 2.51. The second kappa shape index (κ2) is 13.6. The van der Waals surface area contributed by atoms with E-state index in [1.807, 2.05) is 48.5 Å². The lowest BCUT2D eigenvalue weighted by Gasteiger charge is -2.23. The molecule has 2 aliphatic rings. The Morgan fingerprint density at radius 2 is 1.58 bits per heavy atom. The molecule has 1 saturated carbocycles. The van der Waals surface area contributed by atoms with Gasteiger partial charge >= 0.3 is 12.1 Å². The van der Waals surface area contributed by atoms with Crippen LogP contribution in [0.25, 0.3) is 11.1 Å². The molecule has 2 atom stereocenters. The first-order valence-corrected chi connectivity index (χ1v) is 14.7. The second-order valence-electron chi connectivity index (χ2n) is 11.1. The van der Waals surface area contributed by atoms with Gasteiger partial charge in [0, 0.05) is 24.7 Å². The van der Waals surface area contributed by atoms with Crippen LogP contribution in [0.1, 0.15) is 42.4 Å². The zero-order valence-corrected chi connectivity index (χ0v) is 25.0. The van der Waals surface area contributed by atoms with Gasteiger partial charge in [0.25, 0.3) is 0 Å². The lowest BCUT2D eigenvalue weighted by molar-refractivity contribution is -0.141. The van der Waals surface area contributed by atoms with E-state index in [1.54, 1.807) is 24.5 Å². The van der Waals surface area contributed by atoms with E-state index < -0.39 is 47.4 Å². The number of hydrogen-bond donors (Lipinski definition) is 4. The second-order valence-corrected chi connectivity index (χ2v) is 11.1. The molecule has 0 spiro atoms. The molecule has 4 amide bonds. The highest BCUT2D eigenvalue weighted by Crippen LogP contribution is 2.44. The first kappa shape index (κ1) is 31.2. The van der Waals surface area contributed by atoms with E-state index in [1.165, 1.54) is 14.0 Å². The molecule has 1 heterocycles. The minimum absolute atomic E-state index is 0.0695. The molecule has 1 aromatic heterocycles. The van der Waals surface area contributed by atoms with Crippen molar-refractivity contribution in [1.29, 1.82) is 0 Å². The lowest BCUT2D eigenvalue weighted by Crippen LogP contribution is -2.57. The van der Waals surface area contributed by atoms with Gasteiger partial charge in [-0.15, -0.1) is 0 Å². The molecule has 0 unspecified atom stereocenters. The fourth-order valence-corrected chi connectivity index (χ4v) is 5.40. The third-order valence-electron chi connectivity index (χ3n) is 8.03. The van der Waals surface area contributed by atoms with Gasteiger partial charge < -0.3 is 30.7 Å². The van der Waals surface area contributed by atoms with Crippen LogP contribution in [-0.2, 0) is 35.1 Å². The van der Waals surface area contributed by atoms with Crippen molar-refractivity contribution < 1.29 is 33.4 Å². The van der Waals surface area contributed by atoms with Gasteiger partial charge in [0.2, 0.25) is 17.7 Å². The van der Waals surface area contributed by atoms with E-state index >= 15 is 0 Å². The first-order valence-electron chi connectivity index (χ1n) is 14.7. The minimum Gasteiger partial charge on any atom is -0.468 e. The van der Waals surface area contributed by atoms with Gasteiger partial charge in [-0.1, -0.05) is 54.6 Å². The topological polar surface area (TPSA) is 165 Å². The highest BCUT2D eigenvalue weighted by atomic mass is 16.5. The Hall–Kier alpha value is -5.26. The van der Waals surface area contributed by atoms with Crippen LogP contribution in [0.2, 0.25) is 0 Å². The number of nitrogens with one attached hydrogen (secondary N) is 4. The summed E-state index contributed by atoms with van der Waals surface area (Å²) in [6.45, 7) is 1.22. The predicted molar refractivity (Wildman–Crippen MR) is 163 cm³/mol. The molecule has 2 aliphatic carbocycles. The number of benzene rings is 2. The van der Waals surface area contributed by atoms with Gasteiger partial charge in [-0.3, -0.25) is 24.2 Å².